The van der Waals surface area contributed by atoms with E-state index in [1.807, 2.05) is 0 Å². The first-order valence-corrected chi connectivity index (χ1v) is 8.26. The first-order valence-electron chi connectivity index (χ1n) is 6.72. The van der Waals surface area contributed by atoms with Crippen LogP contribution < -0.4 is 10.5 Å². The van der Waals surface area contributed by atoms with Crippen LogP contribution in [0, 0.1) is 11.6 Å². The third-order valence-corrected chi connectivity index (χ3v) is 3.84. The van der Waals surface area contributed by atoms with E-state index in [2.05, 4.69) is 10.1 Å². The molecular weight excluding hydrogens is 358 g/mol. The lowest BCUT2D eigenvalue weighted by Gasteiger charge is -2.08. The second-order valence-electron chi connectivity index (χ2n) is 4.82. The standard InChI is InChI=1S/C15H12F2N2O5S/c16-9-2-1-3-10(6-9)19-14(20)8-24-15(21)12-7-11(25(18,22)23)4-5-13(12)17/h1-7H,8H2,(H,19,20)(H2,18,22,23). The van der Waals surface area contributed by atoms with Gasteiger partial charge in [0.25, 0.3) is 5.91 Å². The molecule has 7 nitrogen and oxygen atoms in total. The van der Waals surface area contributed by atoms with Crippen LogP contribution in [-0.2, 0) is 19.6 Å². The summed E-state index contributed by atoms with van der Waals surface area (Å²) in [7, 11) is -4.14. The number of hydrogen-bond donors (Lipinski definition) is 2. The maximum atomic E-state index is 13.6. The van der Waals surface area contributed by atoms with Crippen LogP contribution in [0.2, 0.25) is 0 Å². The van der Waals surface area contributed by atoms with Gasteiger partial charge in [-0.05, 0) is 36.4 Å². The van der Waals surface area contributed by atoms with Gasteiger partial charge in [0.2, 0.25) is 10.0 Å². The Labute approximate surface area is 141 Å². The lowest BCUT2D eigenvalue weighted by Crippen LogP contribution is -2.22. The van der Waals surface area contributed by atoms with E-state index in [1.165, 1.54) is 18.2 Å². The van der Waals surface area contributed by atoms with Crippen molar-refractivity contribution in [3.63, 3.8) is 0 Å². The Balaban J connectivity index is 2.04. The lowest BCUT2D eigenvalue weighted by molar-refractivity contribution is -0.119. The van der Waals surface area contributed by atoms with E-state index in [0.717, 1.165) is 18.2 Å². The molecule has 2 aromatic carbocycles. The molecule has 10 heteroatoms. The minimum Gasteiger partial charge on any atom is -0.452 e. The minimum absolute atomic E-state index is 0.142. The van der Waals surface area contributed by atoms with Crippen LogP contribution in [-0.4, -0.2) is 26.9 Å². The summed E-state index contributed by atoms with van der Waals surface area (Å²) < 4.78 is 53.7. The highest BCUT2D eigenvalue weighted by molar-refractivity contribution is 7.89. The van der Waals surface area contributed by atoms with Crippen LogP contribution in [0.1, 0.15) is 10.4 Å². The number of primary sulfonamides is 1. The fraction of sp³-hybridized carbons (Fsp3) is 0.0667. The van der Waals surface area contributed by atoms with E-state index in [1.54, 1.807) is 0 Å². The van der Waals surface area contributed by atoms with Gasteiger partial charge in [-0.1, -0.05) is 6.07 Å². The maximum Gasteiger partial charge on any atom is 0.341 e. The summed E-state index contributed by atoms with van der Waals surface area (Å²) in [5.41, 5.74) is -0.548. The van der Waals surface area contributed by atoms with Gasteiger partial charge in [0.15, 0.2) is 6.61 Å². The number of carbonyl (C=O) groups is 2. The molecular formula is C15H12F2N2O5S. The maximum absolute atomic E-state index is 13.6. The van der Waals surface area contributed by atoms with Gasteiger partial charge < -0.3 is 10.1 Å². The molecule has 1 amide bonds. The molecule has 132 valence electrons. The SMILES string of the molecule is NS(=O)(=O)c1ccc(F)c(C(=O)OCC(=O)Nc2cccc(F)c2)c1. The Morgan fingerprint density at radius 3 is 2.48 bits per heavy atom. The zero-order chi connectivity index (χ0) is 18.6. The van der Waals surface area contributed by atoms with Crippen LogP contribution in [0.3, 0.4) is 0 Å². The fourth-order valence-electron chi connectivity index (χ4n) is 1.81. The van der Waals surface area contributed by atoms with Crippen molar-refractivity contribution in [2.45, 2.75) is 4.90 Å². The number of nitrogens with two attached hydrogens (primary N) is 1. The van der Waals surface area contributed by atoms with Crippen molar-refractivity contribution in [1.82, 2.24) is 0 Å². The first kappa shape index (κ1) is 18.5. The molecule has 0 aromatic heterocycles. The van der Waals surface area contributed by atoms with E-state index in [4.69, 9.17) is 5.14 Å². The molecule has 0 bridgehead atoms. The molecule has 0 aliphatic carbocycles. The van der Waals surface area contributed by atoms with Crippen molar-refractivity contribution < 1.29 is 31.5 Å². The third-order valence-electron chi connectivity index (χ3n) is 2.93. The van der Waals surface area contributed by atoms with Crippen LogP contribution in [0.15, 0.2) is 47.4 Å². The van der Waals surface area contributed by atoms with E-state index in [9.17, 15) is 26.8 Å². The number of halogens is 2. The summed E-state index contributed by atoms with van der Waals surface area (Å²) in [5.74, 6) is -3.65. The number of carbonyl (C=O) groups excluding carboxylic acids is 2. The number of benzene rings is 2. The number of ether oxygens (including phenoxy) is 1. The topological polar surface area (TPSA) is 116 Å². The third kappa shape index (κ3) is 5.06. The number of sulfonamides is 1. The molecule has 0 heterocycles. The van der Waals surface area contributed by atoms with Crippen LogP contribution >= 0.6 is 0 Å². The monoisotopic (exact) mass is 370 g/mol. The fourth-order valence-corrected chi connectivity index (χ4v) is 2.35. The van der Waals surface area contributed by atoms with Gasteiger partial charge >= 0.3 is 5.97 Å². The van der Waals surface area contributed by atoms with Crippen LogP contribution in [0.25, 0.3) is 0 Å². The molecule has 0 atom stereocenters. The molecule has 2 aromatic rings. The zero-order valence-electron chi connectivity index (χ0n) is 12.5. The molecule has 0 spiro atoms. The molecule has 0 aliphatic heterocycles. The van der Waals surface area contributed by atoms with Gasteiger partial charge in [0.1, 0.15) is 11.6 Å². The molecule has 0 saturated carbocycles. The zero-order valence-corrected chi connectivity index (χ0v) is 13.3. The predicted octanol–water partition coefficient (Wildman–Crippen LogP) is 1.41. The summed E-state index contributed by atoms with van der Waals surface area (Å²) in [6.45, 7) is -0.783. The Hall–Kier alpha value is -2.85. The quantitative estimate of drug-likeness (QED) is 0.772. The molecule has 0 unspecified atom stereocenters. The summed E-state index contributed by atoms with van der Waals surface area (Å²) >= 11 is 0. The van der Waals surface area contributed by atoms with Gasteiger partial charge in [0.05, 0.1) is 10.5 Å². The molecule has 0 aliphatic rings. The number of nitrogens with one attached hydrogen (secondary N) is 1. The second kappa shape index (κ2) is 7.36. The summed E-state index contributed by atoms with van der Waals surface area (Å²) in [4.78, 5) is 23.0. The van der Waals surface area contributed by atoms with E-state index >= 15 is 0 Å². The number of amides is 1. The number of hydrogen-bond acceptors (Lipinski definition) is 5. The highest BCUT2D eigenvalue weighted by Crippen LogP contribution is 2.15. The smallest absolute Gasteiger partial charge is 0.341 e. The average molecular weight is 370 g/mol. The van der Waals surface area contributed by atoms with Gasteiger partial charge in [-0.2, -0.15) is 0 Å². The van der Waals surface area contributed by atoms with Crippen molar-refractivity contribution in [2.75, 3.05) is 11.9 Å². The van der Waals surface area contributed by atoms with Crippen molar-refractivity contribution in [3.05, 3.63) is 59.7 Å². The molecule has 3 N–H and O–H groups in total. The molecule has 2 rings (SSSR count). The van der Waals surface area contributed by atoms with Crippen LogP contribution in [0.5, 0.6) is 0 Å². The Morgan fingerprint density at radius 2 is 1.84 bits per heavy atom. The Kier molecular flexibility index (Phi) is 5.45. The Morgan fingerprint density at radius 1 is 1.12 bits per heavy atom. The summed E-state index contributed by atoms with van der Waals surface area (Å²) in [5, 5.41) is 7.17. The summed E-state index contributed by atoms with van der Waals surface area (Å²) in [6.07, 6.45) is 0. The van der Waals surface area contributed by atoms with E-state index in [-0.39, 0.29) is 5.69 Å². The van der Waals surface area contributed by atoms with Crippen molar-refractivity contribution >= 4 is 27.6 Å². The Bertz CT molecular complexity index is 931. The van der Waals surface area contributed by atoms with E-state index < -0.39 is 50.6 Å². The van der Waals surface area contributed by atoms with Crippen molar-refractivity contribution in [3.8, 4) is 0 Å². The number of anilines is 1. The normalized spacial score (nSPS) is 11.0. The van der Waals surface area contributed by atoms with Crippen LogP contribution in [0.4, 0.5) is 14.5 Å². The lowest BCUT2D eigenvalue weighted by atomic mass is 10.2. The largest absolute Gasteiger partial charge is 0.452 e. The predicted molar refractivity (Wildman–Crippen MR) is 83.1 cm³/mol. The second-order valence-corrected chi connectivity index (χ2v) is 6.38. The minimum atomic E-state index is -4.14. The van der Waals surface area contributed by atoms with Crippen molar-refractivity contribution in [2.24, 2.45) is 5.14 Å². The summed E-state index contributed by atoms with van der Waals surface area (Å²) in [6, 6.07) is 7.34. The van der Waals surface area contributed by atoms with Crippen molar-refractivity contribution in [1.29, 1.82) is 0 Å². The van der Waals surface area contributed by atoms with Gasteiger partial charge in [-0.25, -0.2) is 27.1 Å². The highest BCUT2D eigenvalue weighted by Gasteiger charge is 2.19. The highest BCUT2D eigenvalue weighted by atomic mass is 32.2. The van der Waals surface area contributed by atoms with Gasteiger partial charge in [0, 0.05) is 5.69 Å². The molecule has 0 radical (unpaired) electrons. The van der Waals surface area contributed by atoms with Gasteiger partial charge in [-0.15, -0.1) is 0 Å². The number of rotatable bonds is 5. The molecule has 0 fully saturated rings. The molecule has 25 heavy (non-hydrogen) atoms. The average Bonchev–Trinajstić information content (AvgIpc) is 2.52. The van der Waals surface area contributed by atoms with E-state index in [0.29, 0.717) is 6.07 Å². The number of esters is 1. The molecule has 0 saturated heterocycles. The first-order chi connectivity index (χ1) is 11.7. The van der Waals surface area contributed by atoms with Gasteiger partial charge in [-0.3, -0.25) is 4.79 Å².